The first kappa shape index (κ1) is 29.8. The lowest BCUT2D eigenvalue weighted by molar-refractivity contribution is 0.0806. The fourth-order valence-electron chi connectivity index (χ4n) is 5.08. The van der Waals surface area contributed by atoms with Gasteiger partial charge in [-0.15, -0.1) is 0 Å². The molecule has 1 saturated carbocycles. The van der Waals surface area contributed by atoms with E-state index in [2.05, 4.69) is 17.2 Å². The zero-order chi connectivity index (χ0) is 28.9. The zero-order valence-electron chi connectivity index (χ0n) is 23.3. The molecule has 0 bridgehead atoms. The predicted molar refractivity (Wildman–Crippen MR) is 151 cm³/mol. The van der Waals surface area contributed by atoms with E-state index in [1.807, 2.05) is 6.92 Å². The average molecular weight is 572 g/mol. The molecule has 3 atom stereocenters. The van der Waals surface area contributed by atoms with Gasteiger partial charge >= 0.3 is 6.03 Å². The Morgan fingerprint density at radius 3 is 2.48 bits per heavy atom. The van der Waals surface area contributed by atoms with Gasteiger partial charge in [-0.2, -0.15) is 4.31 Å². The first-order chi connectivity index (χ1) is 19.1. The number of hydrogen-bond donors (Lipinski definition) is 2. The summed E-state index contributed by atoms with van der Waals surface area (Å²) in [4.78, 5) is 14.6. The predicted octanol–water partition coefficient (Wildman–Crippen LogP) is 3.97. The van der Waals surface area contributed by atoms with Gasteiger partial charge in [0.2, 0.25) is 10.0 Å². The Labute approximate surface area is 236 Å². The molecular weight excluding hydrogens is 533 g/mol. The van der Waals surface area contributed by atoms with E-state index in [9.17, 15) is 22.7 Å². The number of benzene rings is 2. The Morgan fingerprint density at radius 2 is 1.80 bits per heavy atom. The second kappa shape index (κ2) is 13.0. The van der Waals surface area contributed by atoms with Crippen molar-refractivity contribution in [3.8, 4) is 17.6 Å². The van der Waals surface area contributed by atoms with Crippen molar-refractivity contribution in [1.82, 2.24) is 14.5 Å². The molecular formula is C30H38FN3O5S. The molecule has 0 saturated heterocycles. The number of likely N-dealkylation sites (N-methyl/N-ethyl adjacent to an activating group) is 1. The van der Waals surface area contributed by atoms with Crippen molar-refractivity contribution in [1.29, 1.82) is 0 Å². The van der Waals surface area contributed by atoms with E-state index in [0.29, 0.717) is 11.1 Å². The van der Waals surface area contributed by atoms with Crippen LogP contribution >= 0.6 is 0 Å². The largest absolute Gasteiger partial charge is 0.487 e. The van der Waals surface area contributed by atoms with Gasteiger partial charge in [0, 0.05) is 42.7 Å². The second-order valence-electron chi connectivity index (χ2n) is 10.8. The maximum Gasteiger partial charge on any atom is 0.317 e. The number of carbonyl (C=O) groups is 1. The van der Waals surface area contributed by atoms with Crippen LogP contribution in [0.4, 0.5) is 9.18 Å². The number of aliphatic hydroxyl groups excluding tert-OH is 1. The summed E-state index contributed by atoms with van der Waals surface area (Å²) in [6.07, 6.45) is 4.82. The van der Waals surface area contributed by atoms with Crippen molar-refractivity contribution in [2.75, 3.05) is 26.7 Å². The van der Waals surface area contributed by atoms with Crippen molar-refractivity contribution in [2.24, 2.45) is 5.92 Å². The van der Waals surface area contributed by atoms with Crippen molar-refractivity contribution < 1.29 is 27.4 Å². The van der Waals surface area contributed by atoms with Crippen molar-refractivity contribution in [3.63, 3.8) is 0 Å². The van der Waals surface area contributed by atoms with Crippen LogP contribution in [0.25, 0.3) is 0 Å². The fraction of sp³-hybridized carbons (Fsp3) is 0.500. The van der Waals surface area contributed by atoms with E-state index >= 15 is 0 Å². The van der Waals surface area contributed by atoms with Crippen LogP contribution in [-0.4, -0.2) is 73.7 Å². The molecule has 2 N–H and O–H groups in total. The third-order valence-electron chi connectivity index (χ3n) is 7.60. The highest BCUT2D eigenvalue weighted by atomic mass is 32.2. The minimum atomic E-state index is -4.00. The first-order valence-corrected chi connectivity index (χ1v) is 15.2. The van der Waals surface area contributed by atoms with Crippen molar-refractivity contribution in [3.05, 3.63) is 59.4 Å². The highest BCUT2D eigenvalue weighted by Gasteiger charge is 2.38. The van der Waals surface area contributed by atoms with E-state index in [0.717, 1.165) is 25.7 Å². The number of amides is 2. The van der Waals surface area contributed by atoms with Crippen LogP contribution in [-0.2, 0) is 10.0 Å². The molecule has 2 aromatic rings. The molecule has 2 amide bonds. The summed E-state index contributed by atoms with van der Waals surface area (Å²) in [6, 6.07) is 9.75. The lowest BCUT2D eigenvalue weighted by Gasteiger charge is -2.37. The lowest BCUT2D eigenvalue weighted by Crippen LogP contribution is -2.52. The summed E-state index contributed by atoms with van der Waals surface area (Å²) in [5, 5.41) is 13.0. The Bertz CT molecular complexity index is 1350. The van der Waals surface area contributed by atoms with Gasteiger partial charge in [-0.25, -0.2) is 17.6 Å². The summed E-state index contributed by atoms with van der Waals surface area (Å²) >= 11 is 0. The second-order valence-corrected chi connectivity index (χ2v) is 12.7. The van der Waals surface area contributed by atoms with Crippen LogP contribution in [0.1, 0.15) is 57.1 Å². The van der Waals surface area contributed by atoms with Crippen molar-refractivity contribution in [2.45, 2.75) is 69.0 Å². The number of nitrogens with zero attached hydrogens (tertiary/aromatic N) is 2. The van der Waals surface area contributed by atoms with Crippen LogP contribution in [0, 0.1) is 23.6 Å². The Hall–Kier alpha value is -3.13. The normalized spacial score (nSPS) is 21.9. The molecule has 40 heavy (non-hydrogen) atoms. The summed E-state index contributed by atoms with van der Waals surface area (Å²) in [5.41, 5.74) is 1.14. The minimum absolute atomic E-state index is 0.0219. The van der Waals surface area contributed by atoms with Gasteiger partial charge < -0.3 is 20.1 Å². The van der Waals surface area contributed by atoms with E-state index in [1.54, 1.807) is 43.1 Å². The Kier molecular flexibility index (Phi) is 9.72. The number of fused-ring (bicyclic) bond motifs is 1. The summed E-state index contributed by atoms with van der Waals surface area (Å²) in [7, 11) is -2.29. The van der Waals surface area contributed by atoms with Gasteiger partial charge in [-0.1, -0.05) is 38.0 Å². The number of hydrogen-bond acceptors (Lipinski definition) is 5. The smallest absolute Gasteiger partial charge is 0.317 e. The fourth-order valence-corrected chi connectivity index (χ4v) is 6.91. The van der Waals surface area contributed by atoms with Crippen molar-refractivity contribution >= 4 is 16.1 Å². The highest BCUT2D eigenvalue weighted by Crippen LogP contribution is 2.34. The number of sulfonamides is 1. The molecule has 8 nitrogen and oxygen atoms in total. The molecule has 1 fully saturated rings. The Morgan fingerprint density at radius 1 is 1.15 bits per heavy atom. The number of rotatable bonds is 5. The molecule has 0 spiro atoms. The summed E-state index contributed by atoms with van der Waals surface area (Å²) in [6.45, 7) is 3.57. The quantitative estimate of drug-likeness (QED) is 0.530. The number of aliphatic hydroxyl groups is 1. The molecule has 0 unspecified atom stereocenters. The molecule has 1 aliphatic heterocycles. The Balaban J connectivity index is 1.64. The molecule has 2 aromatic carbocycles. The number of halogens is 1. The number of urea groups is 1. The van der Waals surface area contributed by atoms with E-state index in [-0.39, 0.29) is 54.1 Å². The molecule has 2 aliphatic rings. The van der Waals surface area contributed by atoms with Crippen LogP contribution in [0.5, 0.6) is 5.75 Å². The molecule has 0 aromatic heterocycles. The molecule has 4 rings (SSSR count). The number of nitrogens with one attached hydrogen (secondary N) is 1. The van der Waals surface area contributed by atoms with Gasteiger partial charge in [0.25, 0.3) is 0 Å². The molecule has 1 heterocycles. The van der Waals surface area contributed by atoms with Crippen LogP contribution in [0.15, 0.2) is 47.4 Å². The summed E-state index contributed by atoms with van der Waals surface area (Å²) < 4.78 is 48.3. The maximum atomic E-state index is 13.7. The van der Waals surface area contributed by atoms with Gasteiger partial charge in [0.1, 0.15) is 22.6 Å². The minimum Gasteiger partial charge on any atom is -0.487 e. The van der Waals surface area contributed by atoms with Crippen LogP contribution in [0.3, 0.4) is 0 Å². The standard InChI is InChI=1S/C30H38FN3O5S/c1-21-18-34(22(2)20-35)40(37,38)29-16-13-24(10-9-23-11-14-25(31)15-12-23)17-27(29)39-28(21)19-33(3)30(36)32-26-7-5-4-6-8-26/h11-17,21-22,26,28,35H,4-8,18-20H2,1-3H3,(H,32,36)/t21-,22+,28-/m0/s1. The highest BCUT2D eigenvalue weighted by molar-refractivity contribution is 7.89. The van der Waals surface area contributed by atoms with Crippen LogP contribution in [0.2, 0.25) is 0 Å². The van der Waals surface area contributed by atoms with Gasteiger partial charge in [-0.3, -0.25) is 0 Å². The van der Waals surface area contributed by atoms with E-state index in [4.69, 9.17) is 4.74 Å². The molecule has 216 valence electrons. The zero-order valence-corrected chi connectivity index (χ0v) is 24.1. The van der Waals surface area contributed by atoms with Gasteiger partial charge in [0.15, 0.2) is 0 Å². The SMILES string of the molecule is C[C@H](CO)N1C[C@H](C)[C@H](CN(C)C(=O)NC2CCCCC2)Oc2cc(C#Cc3ccc(F)cc3)ccc2S1(=O)=O. The molecule has 1 aliphatic carbocycles. The summed E-state index contributed by atoms with van der Waals surface area (Å²) in [5.74, 6) is 5.44. The van der Waals surface area contributed by atoms with E-state index in [1.165, 1.54) is 28.9 Å². The molecule has 0 radical (unpaired) electrons. The average Bonchev–Trinajstić information content (AvgIpc) is 2.94. The molecule has 10 heteroatoms. The third kappa shape index (κ3) is 7.14. The van der Waals surface area contributed by atoms with E-state index < -0.39 is 22.2 Å². The van der Waals surface area contributed by atoms with Gasteiger partial charge in [-0.05, 0) is 62.2 Å². The monoisotopic (exact) mass is 571 g/mol. The maximum absolute atomic E-state index is 13.7. The van der Waals surface area contributed by atoms with Gasteiger partial charge in [0.05, 0.1) is 13.2 Å². The topological polar surface area (TPSA) is 99.2 Å². The third-order valence-corrected chi connectivity index (χ3v) is 9.62. The number of carbonyl (C=O) groups excluding carboxylic acids is 1. The number of ether oxygens (including phenoxy) is 1. The first-order valence-electron chi connectivity index (χ1n) is 13.8. The van der Waals surface area contributed by atoms with Crippen LogP contribution < -0.4 is 10.1 Å². The lowest BCUT2D eigenvalue weighted by atomic mass is 9.96.